The molecule has 1 N–H and O–H groups in total. The Bertz CT molecular complexity index is 1340. The van der Waals surface area contributed by atoms with Crippen molar-refractivity contribution in [2.45, 2.75) is 12.8 Å². The Morgan fingerprint density at radius 1 is 0.892 bits per heavy atom. The van der Waals surface area contributed by atoms with E-state index >= 15 is 0 Å². The molecule has 0 saturated heterocycles. The topological polar surface area (TPSA) is 69.8 Å². The lowest BCUT2D eigenvalue weighted by atomic mass is 10.1. The molecule has 0 saturated carbocycles. The van der Waals surface area contributed by atoms with Gasteiger partial charge in [0, 0.05) is 28.2 Å². The molecule has 7 heteroatoms. The largest absolute Gasteiger partial charge is 0.494 e. The monoisotopic (exact) mass is 517 g/mol. The molecule has 0 fully saturated rings. The van der Waals surface area contributed by atoms with Crippen LogP contribution in [0.5, 0.6) is 23.0 Å². The van der Waals surface area contributed by atoms with E-state index in [1.807, 2.05) is 66.9 Å². The van der Waals surface area contributed by atoms with Crippen LogP contribution in [0.3, 0.4) is 0 Å². The lowest BCUT2D eigenvalue weighted by molar-refractivity contribution is 0.104. The number of unbranched alkanes of at least 4 members (excludes halogenated alkanes) is 1. The van der Waals surface area contributed by atoms with Crippen LogP contribution in [-0.4, -0.2) is 44.5 Å². The number of carbonyl (C=O) groups excluding carboxylic acids is 1. The third kappa shape index (κ3) is 6.49. The average Bonchev–Trinajstić information content (AvgIpc) is 3.36. The van der Waals surface area contributed by atoms with E-state index < -0.39 is 0 Å². The van der Waals surface area contributed by atoms with Crippen LogP contribution in [0.25, 0.3) is 17.0 Å². The van der Waals surface area contributed by atoms with Gasteiger partial charge < -0.3 is 23.9 Å². The van der Waals surface area contributed by atoms with E-state index in [0.717, 1.165) is 40.8 Å². The second-order valence-corrected chi connectivity index (χ2v) is 9.40. The first-order valence-corrected chi connectivity index (χ1v) is 13.1. The summed E-state index contributed by atoms with van der Waals surface area (Å²) >= 11 is 1.54. The number of Topliss-reactive ketones (excluding diaryl/α,β-unsaturated/α-hetero) is 1. The van der Waals surface area contributed by atoms with Crippen molar-refractivity contribution in [2.24, 2.45) is 0 Å². The van der Waals surface area contributed by atoms with Crippen molar-refractivity contribution in [3.8, 4) is 23.0 Å². The minimum atomic E-state index is -0.102. The Morgan fingerprint density at radius 2 is 1.59 bits per heavy atom. The number of benzene rings is 3. The number of fused-ring (bicyclic) bond motifs is 1. The van der Waals surface area contributed by atoms with Crippen LogP contribution in [0, 0.1) is 0 Å². The molecule has 4 aromatic rings. The predicted octanol–water partition coefficient (Wildman–Crippen LogP) is 7.01. The van der Waals surface area contributed by atoms with Crippen molar-refractivity contribution >= 4 is 34.5 Å². The molecule has 0 atom stereocenters. The highest BCUT2D eigenvalue weighted by Gasteiger charge is 2.20. The van der Waals surface area contributed by atoms with Gasteiger partial charge in [-0.25, -0.2) is 0 Å². The summed E-state index contributed by atoms with van der Waals surface area (Å²) in [5.41, 5.74) is 2.46. The number of ketones is 1. The average molecular weight is 518 g/mol. The summed E-state index contributed by atoms with van der Waals surface area (Å²) in [5.74, 6) is 2.89. The molecule has 0 spiro atoms. The van der Waals surface area contributed by atoms with Gasteiger partial charge in [0.2, 0.25) is 5.75 Å². The summed E-state index contributed by atoms with van der Waals surface area (Å²) in [6, 6.07) is 21.2. The molecule has 4 rings (SSSR count). The fourth-order valence-electron chi connectivity index (χ4n) is 3.97. The number of aromatic nitrogens is 1. The number of methoxy groups -OCH3 is 3. The maximum atomic E-state index is 13.8. The number of rotatable bonds is 13. The first-order valence-electron chi connectivity index (χ1n) is 12.1. The summed E-state index contributed by atoms with van der Waals surface area (Å²) in [4.78, 5) is 17.7. The fraction of sp³-hybridized carbons (Fsp3) is 0.233. The molecule has 6 nitrogen and oxygen atoms in total. The predicted molar refractivity (Wildman–Crippen MR) is 150 cm³/mol. The molecule has 0 aliphatic heterocycles. The quantitative estimate of drug-likeness (QED) is 0.117. The molecule has 192 valence electrons. The molecule has 0 aliphatic rings. The van der Waals surface area contributed by atoms with E-state index in [1.54, 1.807) is 45.2 Å². The second-order valence-electron chi connectivity index (χ2n) is 8.26. The first kappa shape index (κ1) is 26.2. The summed E-state index contributed by atoms with van der Waals surface area (Å²) in [6.45, 7) is 0.632. The fourth-order valence-corrected chi connectivity index (χ4v) is 5.00. The minimum Gasteiger partial charge on any atom is -0.494 e. The number of hydrogen-bond acceptors (Lipinski definition) is 6. The van der Waals surface area contributed by atoms with Gasteiger partial charge in [-0.15, -0.1) is 11.8 Å². The Labute approximate surface area is 221 Å². The maximum absolute atomic E-state index is 13.8. The molecular weight excluding hydrogens is 486 g/mol. The van der Waals surface area contributed by atoms with Crippen molar-refractivity contribution < 1.29 is 23.7 Å². The highest BCUT2D eigenvalue weighted by molar-refractivity contribution is 8.04. The maximum Gasteiger partial charge on any atom is 0.203 e. The van der Waals surface area contributed by atoms with Crippen LogP contribution < -0.4 is 18.9 Å². The minimum absolute atomic E-state index is 0.102. The summed E-state index contributed by atoms with van der Waals surface area (Å²) in [6.07, 6.45) is 5.68. The Kier molecular flexibility index (Phi) is 9.16. The molecule has 0 bridgehead atoms. The summed E-state index contributed by atoms with van der Waals surface area (Å²) < 4.78 is 22.2. The van der Waals surface area contributed by atoms with Crippen molar-refractivity contribution in [1.29, 1.82) is 0 Å². The van der Waals surface area contributed by atoms with Gasteiger partial charge in [-0.1, -0.05) is 36.4 Å². The number of nitrogens with one attached hydrogen (secondary N) is 1. The van der Waals surface area contributed by atoms with E-state index in [2.05, 4.69) is 4.98 Å². The molecular formula is C30H31NO5S. The van der Waals surface area contributed by atoms with Crippen molar-refractivity contribution in [2.75, 3.05) is 33.7 Å². The molecule has 0 amide bonds. The highest BCUT2D eigenvalue weighted by Crippen LogP contribution is 2.39. The zero-order chi connectivity index (χ0) is 26.0. The highest BCUT2D eigenvalue weighted by atomic mass is 32.2. The van der Waals surface area contributed by atoms with Crippen LogP contribution >= 0.6 is 11.8 Å². The number of allylic oxidation sites excluding steroid dienone is 1. The van der Waals surface area contributed by atoms with Gasteiger partial charge in [0.25, 0.3) is 0 Å². The second kappa shape index (κ2) is 12.9. The third-order valence-electron chi connectivity index (χ3n) is 5.87. The molecule has 0 aliphatic carbocycles. The van der Waals surface area contributed by atoms with E-state index in [9.17, 15) is 4.79 Å². The van der Waals surface area contributed by atoms with Gasteiger partial charge in [0.15, 0.2) is 17.3 Å². The van der Waals surface area contributed by atoms with Crippen molar-refractivity contribution in [3.63, 3.8) is 0 Å². The van der Waals surface area contributed by atoms with Crippen molar-refractivity contribution in [3.05, 3.63) is 89.0 Å². The number of ether oxygens (including phenoxy) is 4. The van der Waals surface area contributed by atoms with E-state index in [0.29, 0.717) is 34.3 Å². The smallest absolute Gasteiger partial charge is 0.203 e. The van der Waals surface area contributed by atoms with Crippen LogP contribution in [-0.2, 0) is 0 Å². The zero-order valence-electron chi connectivity index (χ0n) is 21.3. The Morgan fingerprint density at radius 3 is 2.30 bits per heavy atom. The summed E-state index contributed by atoms with van der Waals surface area (Å²) in [7, 11) is 4.63. The molecule has 1 heterocycles. The zero-order valence-corrected chi connectivity index (χ0v) is 22.1. The molecule has 3 aromatic carbocycles. The Balaban J connectivity index is 1.54. The molecule has 0 unspecified atom stereocenters. The number of carbonyl (C=O) groups is 1. The van der Waals surface area contributed by atoms with Crippen molar-refractivity contribution in [1.82, 2.24) is 4.98 Å². The number of H-pyrrole nitrogens is 1. The number of hydrogen-bond donors (Lipinski definition) is 1. The first-order chi connectivity index (χ1) is 18.1. The Hall–Kier alpha value is -3.84. The number of aromatic amines is 1. The van der Waals surface area contributed by atoms with Crippen LogP contribution in [0.1, 0.15) is 28.8 Å². The SMILES string of the molecule is COc1cc(C(=O)C(=Cc2c[nH]c3ccccc23)SCCCCOc2ccccc2)cc(OC)c1OC. The van der Waals surface area contributed by atoms with Gasteiger partial charge in [-0.3, -0.25) is 4.79 Å². The van der Waals surface area contributed by atoms with Gasteiger partial charge in [-0.2, -0.15) is 0 Å². The van der Waals surface area contributed by atoms with Gasteiger partial charge >= 0.3 is 0 Å². The van der Waals surface area contributed by atoms with Gasteiger partial charge in [0.05, 0.1) is 32.8 Å². The van der Waals surface area contributed by atoms with Crippen LogP contribution in [0.15, 0.2) is 77.8 Å². The normalized spacial score (nSPS) is 11.4. The standard InChI is InChI=1S/C30H31NO5S/c1-33-26-17-21(18-27(34-2)30(26)35-3)29(32)28(19-22-20-31-25-14-8-7-13-24(22)25)37-16-10-9-15-36-23-11-5-4-6-12-23/h4-8,11-14,17-20,31H,9-10,15-16H2,1-3H3. The van der Waals surface area contributed by atoms with E-state index in [1.165, 1.54) is 0 Å². The lowest BCUT2D eigenvalue weighted by Gasteiger charge is -2.14. The number of para-hydroxylation sites is 2. The van der Waals surface area contributed by atoms with Gasteiger partial charge in [-0.05, 0) is 55.0 Å². The van der Waals surface area contributed by atoms with Gasteiger partial charge in [0.1, 0.15) is 5.75 Å². The van der Waals surface area contributed by atoms with Crippen LogP contribution in [0.4, 0.5) is 0 Å². The molecule has 1 aromatic heterocycles. The van der Waals surface area contributed by atoms with Crippen LogP contribution in [0.2, 0.25) is 0 Å². The lowest BCUT2D eigenvalue weighted by Crippen LogP contribution is -2.05. The molecule has 0 radical (unpaired) electrons. The van der Waals surface area contributed by atoms with E-state index in [-0.39, 0.29) is 5.78 Å². The summed E-state index contributed by atoms with van der Waals surface area (Å²) in [5, 5.41) is 1.06. The third-order valence-corrected chi connectivity index (χ3v) is 6.97. The number of thioether (sulfide) groups is 1. The molecule has 37 heavy (non-hydrogen) atoms. The van der Waals surface area contributed by atoms with E-state index in [4.69, 9.17) is 18.9 Å².